The summed E-state index contributed by atoms with van der Waals surface area (Å²) in [7, 11) is 0. The van der Waals surface area contributed by atoms with E-state index in [4.69, 9.17) is 0 Å². The molecule has 0 atom stereocenters. The molecule has 11 heteroatoms. The summed E-state index contributed by atoms with van der Waals surface area (Å²) in [5, 5.41) is 13.4. The fourth-order valence-electron chi connectivity index (χ4n) is 3.16. The van der Waals surface area contributed by atoms with Gasteiger partial charge in [0.2, 0.25) is 0 Å². The van der Waals surface area contributed by atoms with Crippen molar-refractivity contribution in [3.05, 3.63) is 95.3 Å². The Morgan fingerprint density at radius 3 is 2.53 bits per heavy atom. The van der Waals surface area contributed by atoms with Gasteiger partial charge in [-0.25, -0.2) is 9.07 Å². The minimum atomic E-state index is -4.94. The van der Waals surface area contributed by atoms with E-state index in [1.807, 2.05) is 12.1 Å². The Bertz CT molecular complexity index is 1230. The van der Waals surface area contributed by atoms with Gasteiger partial charge in [-0.3, -0.25) is 9.48 Å². The maximum absolute atomic E-state index is 13.7. The molecule has 0 saturated carbocycles. The van der Waals surface area contributed by atoms with E-state index < -0.39 is 29.3 Å². The van der Waals surface area contributed by atoms with Crippen molar-refractivity contribution in [2.75, 3.05) is 0 Å². The molecule has 0 aliphatic heterocycles. The van der Waals surface area contributed by atoms with Crippen LogP contribution in [0.3, 0.4) is 0 Å². The highest BCUT2D eigenvalue weighted by molar-refractivity contribution is 5.93. The molecule has 0 saturated heterocycles. The lowest BCUT2D eigenvalue weighted by Crippen LogP contribution is -2.27. The number of carbonyl (C=O) groups excluding carboxylic acids is 1. The van der Waals surface area contributed by atoms with E-state index in [1.54, 1.807) is 35.3 Å². The van der Waals surface area contributed by atoms with Crippen LogP contribution in [0.25, 0.3) is 5.69 Å². The van der Waals surface area contributed by atoms with Gasteiger partial charge >= 0.3 is 6.18 Å². The average Bonchev–Trinajstić information content (AvgIpc) is 3.42. The van der Waals surface area contributed by atoms with Crippen molar-refractivity contribution < 1.29 is 22.4 Å². The Morgan fingerprint density at radius 2 is 1.81 bits per heavy atom. The van der Waals surface area contributed by atoms with E-state index in [-0.39, 0.29) is 12.2 Å². The number of aromatic nitrogens is 5. The predicted molar refractivity (Wildman–Crippen MR) is 105 cm³/mol. The van der Waals surface area contributed by atoms with E-state index in [1.165, 1.54) is 12.1 Å². The van der Waals surface area contributed by atoms with E-state index in [0.29, 0.717) is 16.8 Å². The van der Waals surface area contributed by atoms with Crippen molar-refractivity contribution >= 4 is 5.91 Å². The monoisotopic (exact) mass is 444 g/mol. The van der Waals surface area contributed by atoms with Crippen molar-refractivity contribution in [2.24, 2.45) is 0 Å². The Balaban J connectivity index is 1.54. The molecule has 0 unspecified atom stereocenters. The van der Waals surface area contributed by atoms with Gasteiger partial charge < -0.3 is 5.32 Å². The largest absolute Gasteiger partial charge is 0.435 e. The number of rotatable bonds is 6. The number of benzene rings is 2. The topological polar surface area (TPSA) is 77.6 Å². The highest BCUT2D eigenvalue weighted by atomic mass is 19.4. The fourth-order valence-corrected chi connectivity index (χ4v) is 3.16. The first-order chi connectivity index (χ1) is 15.3. The molecule has 2 heterocycles. The van der Waals surface area contributed by atoms with Crippen LogP contribution in [-0.4, -0.2) is 30.7 Å². The molecular formula is C21H16F4N6O. The molecule has 0 spiro atoms. The number of nitrogens with zero attached hydrogens (tertiary/aromatic N) is 5. The molecule has 2 aromatic heterocycles. The van der Waals surface area contributed by atoms with Crippen molar-refractivity contribution in [3.63, 3.8) is 0 Å². The molecule has 0 aliphatic rings. The van der Waals surface area contributed by atoms with Crippen LogP contribution >= 0.6 is 0 Å². The first kappa shape index (κ1) is 21.2. The minimum absolute atomic E-state index is 0.0180. The van der Waals surface area contributed by atoms with Gasteiger partial charge in [0.1, 0.15) is 5.82 Å². The number of nitrogens with one attached hydrogen (secondary N) is 1. The molecule has 4 rings (SSSR count). The van der Waals surface area contributed by atoms with Crippen LogP contribution in [0.15, 0.2) is 67.0 Å². The summed E-state index contributed by atoms with van der Waals surface area (Å²) in [6, 6.07) is 13.4. The smallest absolute Gasteiger partial charge is 0.346 e. The highest BCUT2D eigenvalue weighted by Gasteiger charge is 2.42. The lowest BCUT2D eigenvalue weighted by molar-refractivity contribution is -0.143. The molecule has 0 bridgehead atoms. The Hall–Kier alpha value is -4.02. The van der Waals surface area contributed by atoms with E-state index in [0.717, 1.165) is 17.7 Å². The van der Waals surface area contributed by atoms with Gasteiger partial charge in [0.25, 0.3) is 5.91 Å². The highest BCUT2D eigenvalue weighted by Crippen LogP contribution is 2.32. The lowest BCUT2D eigenvalue weighted by Gasteiger charge is -2.11. The Labute approximate surface area is 179 Å². The molecule has 0 aliphatic carbocycles. The third-order valence-electron chi connectivity index (χ3n) is 4.55. The first-order valence-electron chi connectivity index (χ1n) is 9.43. The van der Waals surface area contributed by atoms with E-state index in [2.05, 4.69) is 20.7 Å². The molecule has 7 nitrogen and oxygen atoms in total. The quantitative estimate of drug-likeness (QED) is 0.461. The van der Waals surface area contributed by atoms with Crippen molar-refractivity contribution in [1.82, 2.24) is 30.1 Å². The molecule has 32 heavy (non-hydrogen) atoms. The second kappa shape index (κ2) is 8.61. The zero-order chi connectivity index (χ0) is 22.7. The third kappa shape index (κ3) is 4.66. The summed E-state index contributed by atoms with van der Waals surface area (Å²) >= 11 is 0. The van der Waals surface area contributed by atoms with E-state index >= 15 is 0 Å². The van der Waals surface area contributed by atoms with Gasteiger partial charge in [-0.1, -0.05) is 35.5 Å². The number of amides is 1. The number of halogens is 4. The summed E-state index contributed by atoms with van der Waals surface area (Å²) in [6.45, 7) is 0.491. The summed E-state index contributed by atoms with van der Waals surface area (Å²) < 4.78 is 56.7. The standard InChI is InChI=1S/C21H16F4N6O/c22-16-6-2-7-17(11-16)31-19(21(23,24)25)18(28-29-31)20(32)26-12-14-4-1-5-15(10-14)13-30-9-3-8-27-30/h1-11H,12-13H2,(H,26,32). The normalized spacial score (nSPS) is 11.5. The maximum Gasteiger partial charge on any atom is 0.435 e. The summed E-state index contributed by atoms with van der Waals surface area (Å²) in [4.78, 5) is 12.5. The van der Waals surface area contributed by atoms with Crippen molar-refractivity contribution in [1.29, 1.82) is 0 Å². The van der Waals surface area contributed by atoms with Crippen LogP contribution in [0.4, 0.5) is 17.6 Å². The second-order valence-corrected chi connectivity index (χ2v) is 6.88. The first-order valence-corrected chi connectivity index (χ1v) is 9.43. The molecule has 2 aromatic carbocycles. The van der Waals surface area contributed by atoms with Crippen LogP contribution in [0.5, 0.6) is 0 Å². The summed E-state index contributed by atoms with van der Waals surface area (Å²) in [6.07, 6.45) is -1.49. The number of carbonyl (C=O) groups is 1. The molecule has 0 fully saturated rings. The van der Waals surface area contributed by atoms with Gasteiger partial charge in [0.05, 0.1) is 12.2 Å². The van der Waals surface area contributed by atoms with Crippen LogP contribution in [0, 0.1) is 5.82 Å². The number of hydrogen-bond donors (Lipinski definition) is 1. The fraction of sp³-hybridized carbons (Fsp3) is 0.143. The minimum Gasteiger partial charge on any atom is -0.346 e. The van der Waals surface area contributed by atoms with Gasteiger partial charge in [0.15, 0.2) is 11.4 Å². The van der Waals surface area contributed by atoms with Crippen molar-refractivity contribution in [3.8, 4) is 5.69 Å². The summed E-state index contributed by atoms with van der Waals surface area (Å²) in [5.74, 6) is -1.79. The summed E-state index contributed by atoms with van der Waals surface area (Å²) in [5.41, 5.74) is -0.875. The molecule has 0 radical (unpaired) electrons. The second-order valence-electron chi connectivity index (χ2n) is 6.88. The number of alkyl halides is 3. The van der Waals surface area contributed by atoms with Gasteiger partial charge in [-0.05, 0) is 35.4 Å². The number of hydrogen-bond acceptors (Lipinski definition) is 4. The third-order valence-corrected chi connectivity index (χ3v) is 4.55. The zero-order valence-electron chi connectivity index (χ0n) is 16.4. The molecule has 1 amide bonds. The van der Waals surface area contributed by atoms with Crippen LogP contribution in [0.2, 0.25) is 0 Å². The van der Waals surface area contributed by atoms with E-state index in [9.17, 15) is 22.4 Å². The van der Waals surface area contributed by atoms with Gasteiger partial charge in [-0.2, -0.15) is 18.3 Å². The average molecular weight is 444 g/mol. The lowest BCUT2D eigenvalue weighted by atomic mass is 10.1. The van der Waals surface area contributed by atoms with Crippen LogP contribution in [-0.2, 0) is 19.3 Å². The van der Waals surface area contributed by atoms with Gasteiger partial charge in [0, 0.05) is 18.9 Å². The van der Waals surface area contributed by atoms with Crippen LogP contribution in [0.1, 0.15) is 27.3 Å². The molecule has 1 N–H and O–H groups in total. The zero-order valence-corrected chi connectivity index (χ0v) is 16.4. The maximum atomic E-state index is 13.7. The SMILES string of the molecule is O=C(NCc1cccc(Cn2cccn2)c1)c1nnn(-c2cccc(F)c2)c1C(F)(F)F. The molecule has 4 aromatic rings. The molecular weight excluding hydrogens is 428 g/mol. The Morgan fingerprint density at radius 1 is 1.03 bits per heavy atom. The predicted octanol–water partition coefficient (Wildman–Crippen LogP) is 3.60. The van der Waals surface area contributed by atoms with Crippen LogP contribution < -0.4 is 5.32 Å². The van der Waals surface area contributed by atoms with Gasteiger partial charge in [-0.15, -0.1) is 5.10 Å². The van der Waals surface area contributed by atoms with Crippen molar-refractivity contribution in [2.45, 2.75) is 19.3 Å². The Kier molecular flexibility index (Phi) is 5.71. The molecule has 164 valence electrons.